The van der Waals surface area contributed by atoms with Gasteiger partial charge in [-0.3, -0.25) is 4.90 Å². The molecule has 0 radical (unpaired) electrons. The lowest BCUT2D eigenvalue weighted by Crippen LogP contribution is -2.70. The van der Waals surface area contributed by atoms with Crippen molar-refractivity contribution in [3.05, 3.63) is 35.9 Å². The zero-order chi connectivity index (χ0) is 18.9. The molecule has 2 heterocycles. The van der Waals surface area contributed by atoms with Crippen LogP contribution in [0, 0.1) is 5.92 Å². The van der Waals surface area contributed by atoms with Gasteiger partial charge in [0, 0.05) is 39.8 Å². The molecule has 26 heavy (non-hydrogen) atoms. The Labute approximate surface area is 156 Å². The van der Waals surface area contributed by atoms with Gasteiger partial charge in [0.15, 0.2) is 0 Å². The molecule has 1 aromatic rings. The Morgan fingerprint density at radius 2 is 1.73 bits per heavy atom. The third-order valence-corrected chi connectivity index (χ3v) is 5.91. The molecule has 0 aliphatic carbocycles. The molecular formula is C20H31NO5. The van der Waals surface area contributed by atoms with Gasteiger partial charge in [-0.25, -0.2) is 0 Å². The van der Waals surface area contributed by atoms with Crippen LogP contribution in [-0.2, 0) is 25.5 Å². The molecule has 0 spiro atoms. The summed E-state index contributed by atoms with van der Waals surface area (Å²) in [6, 6.07) is 10.3. The highest BCUT2D eigenvalue weighted by Gasteiger charge is 2.59. The number of fused-ring (bicyclic) bond motifs is 1. The molecule has 1 N–H and O–H groups in total. The first-order valence-electron chi connectivity index (χ1n) is 9.22. The van der Waals surface area contributed by atoms with Crippen LogP contribution < -0.4 is 0 Å². The fourth-order valence-corrected chi connectivity index (χ4v) is 4.01. The topological polar surface area (TPSA) is 60.4 Å². The van der Waals surface area contributed by atoms with Crippen LogP contribution in [-0.4, -0.2) is 67.2 Å². The maximum Gasteiger partial charge on any atom is 0.220 e. The number of piperidine rings is 1. The number of benzene rings is 1. The first kappa shape index (κ1) is 19.7. The Morgan fingerprint density at radius 3 is 2.31 bits per heavy atom. The van der Waals surface area contributed by atoms with Crippen LogP contribution in [0.25, 0.3) is 0 Å². The van der Waals surface area contributed by atoms with Gasteiger partial charge in [-0.15, -0.1) is 0 Å². The summed E-state index contributed by atoms with van der Waals surface area (Å²) in [5.74, 6) is -2.15. The highest BCUT2D eigenvalue weighted by atomic mass is 16.8. The zero-order valence-electron chi connectivity index (χ0n) is 16.3. The molecule has 0 saturated carbocycles. The lowest BCUT2D eigenvalue weighted by Gasteiger charge is -2.56. The zero-order valence-corrected chi connectivity index (χ0v) is 16.3. The van der Waals surface area contributed by atoms with Gasteiger partial charge in [0.05, 0.1) is 12.2 Å². The molecule has 6 atom stereocenters. The molecule has 3 rings (SSSR count). The smallest absolute Gasteiger partial charge is 0.220 e. The minimum atomic E-state index is -1.04. The monoisotopic (exact) mass is 365 g/mol. The van der Waals surface area contributed by atoms with Crippen LogP contribution in [0.3, 0.4) is 0 Å². The molecule has 6 heteroatoms. The summed E-state index contributed by atoms with van der Waals surface area (Å²) < 4.78 is 24.0. The summed E-state index contributed by atoms with van der Waals surface area (Å²) in [4.78, 5) is 2.31. The van der Waals surface area contributed by atoms with Crippen LogP contribution >= 0.6 is 0 Å². The maximum absolute atomic E-state index is 10.4. The molecule has 2 aliphatic heterocycles. The van der Waals surface area contributed by atoms with Gasteiger partial charge in [0.1, 0.15) is 6.10 Å². The van der Waals surface area contributed by atoms with E-state index in [0.29, 0.717) is 6.54 Å². The van der Waals surface area contributed by atoms with Crippen LogP contribution in [0.4, 0.5) is 0 Å². The number of hydrogen-bond acceptors (Lipinski definition) is 6. The summed E-state index contributed by atoms with van der Waals surface area (Å²) in [5, 5.41) is 10.4. The van der Waals surface area contributed by atoms with E-state index in [1.54, 1.807) is 14.2 Å². The summed E-state index contributed by atoms with van der Waals surface area (Å²) in [6.07, 6.45) is -0.979. The van der Waals surface area contributed by atoms with Gasteiger partial charge in [-0.2, -0.15) is 0 Å². The molecule has 6 unspecified atom stereocenters. The number of hydrogen-bond donors (Lipinski definition) is 1. The number of likely N-dealkylation sites (tertiary alicyclic amines) is 1. The summed E-state index contributed by atoms with van der Waals surface area (Å²) in [5.41, 5.74) is 1.24. The van der Waals surface area contributed by atoms with Crippen molar-refractivity contribution in [2.75, 3.05) is 27.3 Å². The molecule has 0 aromatic heterocycles. The number of nitrogens with zero attached hydrogens (tertiary/aromatic N) is 1. The van der Waals surface area contributed by atoms with E-state index in [1.165, 1.54) is 5.56 Å². The highest BCUT2D eigenvalue weighted by Crippen LogP contribution is 2.43. The molecule has 6 nitrogen and oxygen atoms in total. The number of methoxy groups -OCH3 is 2. The average molecular weight is 365 g/mol. The first-order valence-corrected chi connectivity index (χ1v) is 9.22. The summed E-state index contributed by atoms with van der Waals surface area (Å²) >= 11 is 0. The van der Waals surface area contributed by atoms with E-state index >= 15 is 0 Å². The normalized spacial score (nSPS) is 39.4. The number of rotatable bonds is 5. The quantitative estimate of drug-likeness (QED) is 0.861. The van der Waals surface area contributed by atoms with Crippen molar-refractivity contribution >= 4 is 0 Å². The fourth-order valence-electron chi connectivity index (χ4n) is 4.01. The van der Waals surface area contributed by atoms with E-state index in [4.69, 9.17) is 18.9 Å². The third kappa shape index (κ3) is 3.54. The molecule has 1 aromatic carbocycles. The lowest BCUT2D eigenvalue weighted by molar-refractivity contribution is -0.458. The number of ether oxygens (including phenoxy) is 4. The molecule has 2 saturated heterocycles. The van der Waals surface area contributed by atoms with Gasteiger partial charge in [-0.05, 0) is 26.3 Å². The van der Waals surface area contributed by atoms with E-state index in [2.05, 4.69) is 17.0 Å². The van der Waals surface area contributed by atoms with Crippen molar-refractivity contribution in [1.82, 2.24) is 4.90 Å². The van der Waals surface area contributed by atoms with Gasteiger partial charge in [0.25, 0.3) is 0 Å². The third-order valence-electron chi connectivity index (χ3n) is 5.91. The van der Waals surface area contributed by atoms with Gasteiger partial charge >= 0.3 is 0 Å². The van der Waals surface area contributed by atoms with E-state index in [0.717, 1.165) is 13.1 Å². The molecular weight excluding hydrogens is 334 g/mol. The Hall–Kier alpha value is -1.02. The van der Waals surface area contributed by atoms with Crippen LogP contribution in [0.15, 0.2) is 30.3 Å². The molecule has 0 amide bonds. The Balaban J connectivity index is 1.83. The van der Waals surface area contributed by atoms with E-state index < -0.39 is 17.7 Å². The first-order chi connectivity index (χ1) is 12.3. The average Bonchev–Trinajstić information content (AvgIpc) is 2.63. The van der Waals surface area contributed by atoms with Crippen molar-refractivity contribution in [2.45, 2.75) is 57.2 Å². The van der Waals surface area contributed by atoms with E-state index in [9.17, 15) is 5.11 Å². The molecule has 2 aliphatic rings. The lowest BCUT2D eigenvalue weighted by atomic mass is 9.86. The summed E-state index contributed by atoms with van der Waals surface area (Å²) in [6.45, 7) is 7.72. The van der Waals surface area contributed by atoms with Crippen molar-refractivity contribution in [3.63, 3.8) is 0 Å². The van der Waals surface area contributed by atoms with E-state index in [-0.39, 0.29) is 18.1 Å². The van der Waals surface area contributed by atoms with Gasteiger partial charge in [-0.1, -0.05) is 30.3 Å². The molecule has 146 valence electrons. The van der Waals surface area contributed by atoms with Crippen LogP contribution in [0.2, 0.25) is 0 Å². The van der Waals surface area contributed by atoms with Crippen molar-refractivity contribution in [1.29, 1.82) is 0 Å². The van der Waals surface area contributed by atoms with Crippen molar-refractivity contribution < 1.29 is 24.1 Å². The fraction of sp³-hybridized carbons (Fsp3) is 0.700. The number of aliphatic hydroxyl groups is 1. The second-order valence-corrected chi connectivity index (χ2v) is 7.62. The largest absolute Gasteiger partial charge is 0.393 e. The molecule has 2 fully saturated rings. The second-order valence-electron chi connectivity index (χ2n) is 7.62. The molecule has 0 bridgehead atoms. The minimum absolute atomic E-state index is 0.0756. The van der Waals surface area contributed by atoms with Gasteiger partial charge < -0.3 is 24.1 Å². The Morgan fingerprint density at radius 1 is 1.12 bits per heavy atom. The van der Waals surface area contributed by atoms with Gasteiger partial charge in [0.2, 0.25) is 11.6 Å². The Kier molecular flexibility index (Phi) is 5.72. The predicted octanol–water partition coefficient (Wildman–Crippen LogP) is 2.01. The maximum atomic E-state index is 10.4. The second kappa shape index (κ2) is 7.54. The SMILES string of the molecule is COC1(C)OC2CN(Cc3ccccc3)CC(C(C)O)C2OC1(C)OC. The summed E-state index contributed by atoms with van der Waals surface area (Å²) in [7, 11) is 3.18. The van der Waals surface area contributed by atoms with Crippen LogP contribution in [0.5, 0.6) is 0 Å². The Bertz CT molecular complexity index is 597. The number of aliphatic hydroxyl groups excluding tert-OH is 1. The standard InChI is InChI=1S/C20H31NO5/c1-14(22)16-12-21(11-15-9-7-6-8-10-15)13-17-18(16)26-20(3,24-5)19(2,23-4)25-17/h6-10,14,16-18,22H,11-13H2,1-5H3. The van der Waals surface area contributed by atoms with Crippen molar-refractivity contribution in [3.8, 4) is 0 Å². The van der Waals surface area contributed by atoms with Crippen molar-refractivity contribution in [2.24, 2.45) is 5.92 Å². The van der Waals surface area contributed by atoms with Crippen LogP contribution in [0.1, 0.15) is 26.3 Å². The predicted molar refractivity (Wildman–Crippen MR) is 97.5 cm³/mol. The van der Waals surface area contributed by atoms with E-state index in [1.807, 2.05) is 39.0 Å². The minimum Gasteiger partial charge on any atom is -0.393 e. The highest BCUT2D eigenvalue weighted by molar-refractivity contribution is 5.15.